The quantitative estimate of drug-likeness (QED) is 0.156. The van der Waals surface area contributed by atoms with Crippen molar-refractivity contribution >= 4 is 21.8 Å². The zero-order valence-electron chi connectivity index (χ0n) is 32.2. The van der Waals surface area contributed by atoms with Crippen molar-refractivity contribution in [2.75, 3.05) is 0 Å². The van der Waals surface area contributed by atoms with Gasteiger partial charge in [0, 0.05) is 51.0 Å². The molecule has 11 rings (SSSR count). The number of hydrogen-bond donors (Lipinski definition) is 0. The Bertz CT molecular complexity index is 3180. The second-order valence-electron chi connectivity index (χ2n) is 15.1. The van der Waals surface area contributed by atoms with Gasteiger partial charge in [0.15, 0.2) is 17.5 Å². The molecule has 10 aromatic rings. The van der Waals surface area contributed by atoms with Crippen molar-refractivity contribution in [3.05, 3.63) is 187 Å². The lowest BCUT2D eigenvalue weighted by Crippen LogP contribution is -2.11. The number of fused-ring (bicyclic) bond motifs is 6. The number of pyridine rings is 4. The minimum absolute atomic E-state index is 0.411. The highest BCUT2D eigenvalue weighted by Gasteiger charge is 2.24. The first-order chi connectivity index (χ1) is 29.1. The van der Waals surface area contributed by atoms with Crippen LogP contribution in [0.5, 0.6) is 0 Å². The first-order valence-corrected chi connectivity index (χ1v) is 19.8. The van der Waals surface area contributed by atoms with Gasteiger partial charge in [-0.05, 0) is 58.9 Å². The Hall–Kier alpha value is -7.77. The van der Waals surface area contributed by atoms with Crippen LogP contribution in [0.25, 0.3) is 101 Å². The Kier molecular flexibility index (Phi) is 8.36. The summed E-state index contributed by atoms with van der Waals surface area (Å²) in [7, 11) is 0. The predicted molar refractivity (Wildman–Crippen MR) is 236 cm³/mol. The van der Waals surface area contributed by atoms with E-state index in [2.05, 4.69) is 158 Å². The molecule has 0 amide bonds. The summed E-state index contributed by atoms with van der Waals surface area (Å²) < 4.78 is 0. The highest BCUT2D eigenvalue weighted by molar-refractivity contribution is 6.03. The van der Waals surface area contributed by atoms with Crippen LogP contribution in [0.3, 0.4) is 0 Å². The normalized spacial score (nSPS) is 13.3. The molecule has 0 N–H and O–H groups in total. The summed E-state index contributed by atoms with van der Waals surface area (Å²) in [6, 6.07) is 56.2. The Morgan fingerprint density at radius 3 is 1.54 bits per heavy atom. The number of benzene rings is 5. The second kappa shape index (κ2) is 14.3. The summed E-state index contributed by atoms with van der Waals surface area (Å²) in [6.07, 6.45) is 4.63. The van der Waals surface area contributed by atoms with E-state index < -0.39 is 0 Å². The molecule has 0 spiro atoms. The van der Waals surface area contributed by atoms with Crippen molar-refractivity contribution in [3.8, 4) is 79.2 Å². The van der Waals surface area contributed by atoms with Gasteiger partial charge in [0.2, 0.25) is 0 Å². The summed E-state index contributed by atoms with van der Waals surface area (Å²) >= 11 is 0. The van der Waals surface area contributed by atoms with Crippen molar-refractivity contribution < 1.29 is 0 Å². The van der Waals surface area contributed by atoms with E-state index in [0.29, 0.717) is 23.4 Å². The van der Waals surface area contributed by atoms with Crippen molar-refractivity contribution in [2.45, 2.75) is 19.3 Å². The highest BCUT2D eigenvalue weighted by atomic mass is 15.0. The Balaban J connectivity index is 0.958. The lowest BCUT2D eigenvalue weighted by Gasteiger charge is -2.23. The van der Waals surface area contributed by atoms with Crippen LogP contribution in [0.2, 0.25) is 0 Å². The van der Waals surface area contributed by atoms with Crippen molar-refractivity contribution in [2.24, 2.45) is 0 Å². The van der Waals surface area contributed by atoms with Gasteiger partial charge < -0.3 is 0 Å². The van der Waals surface area contributed by atoms with Gasteiger partial charge in [-0.25, -0.2) is 24.9 Å². The van der Waals surface area contributed by atoms with Crippen LogP contribution in [-0.4, -0.2) is 34.9 Å². The molecule has 1 atom stereocenters. The van der Waals surface area contributed by atoms with Gasteiger partial charge in [0.25, 0.3) is 0 Å². The van der Waals surface area contributed by atoms with E-state index in [-0.39, 0.29) is 0 Å². The smallest absolute Gasteiger partial charge is 0.164 e. The molecule has 5 aromatic heterocycles. The highest BCUT2D eigenvalue weighted by Crippen LogP contribution is 2.38. The van der Waals surface area contributed by atoms with Gasteiger partial charge in [-0.1, -0.05) is 146 Å². The third-order valence-corrected chi connectivity index (χ3v) is 11.3. The molecular weight excluding hydrogens is 723 g/mol. The fourth-order valence-electron chi connectivity index (χ4n) is 8.14. The van der Waals surface area contributed by atoms with E-state index in [1.807, 2.05) is 30.6 Å². The number of rotatable bonds is 6. The zero-order valence-corrected chi connectivity index (χ0v) is 32.2. The standard InChI is InChI=1S/C52H35N7/c1-32-31-42-26-28-45(56-48(42)49-43(32)10-6-30-54-49)36-15-23-41(24-16-36)52-58-50(39-19-11-34(12-20-39)33-7-3-2-4-8-33)57-51(59-52)40-21-13-35(14-22-40)44-27-25-38-18-17-37-9-5-29-53-46(37)47(38)55-44/h2-30,32H,31H2,1H3. The molecule has 59 heavy (non-hydrogen) atoms. The summed E-state index contributed by atoms with van der Waals surface area (Å²) in [4.78, 5) is 34.7. The third kappa shape index (κ3) is 6.39. The van der Waals surface area contributed by atoms with Gasteiger partial charge in [-0.3, -0.25) is 9.97 Å². The Morgan fingerprint density at radius 1 is 0.373 bits per heavy atom. The maximum absolute atomic E-state index is 5.14. The molecule has 0 bridgehead atoms. The minimum atomic E-state index is 0.411. The molecule has 0 saturated heterocycles. The van der Waals surface area contributed by atoms with Gasteiger partial charge in [0.1, 0.15) is 0 Å². The molecule has 0 saturated carbocycles. The van der Waals surface area contributed by atoms with E-state index in [1.54, 1.807) is 0 Å². The van der Waals surface area contributed by atoms with Crippen LogP contribution in [0.1, 0.15) is 24.0 Å². The maximum atomic E-state index is 5.14. The van der Waals surface area contributed by atoms with E-state index in [1.165, 1.54) is 11.1 Å². The fraction of sp³-hybridized carbons (Fsp3) is 0.0577. The summed E-state index contributed by atoms with van der Waals surface area (Å²) in [5.74, 6) is 2.19. The third-order valence-electron chi connectivity index (χ3n) is 11.3. The lowest BCUT2D eigenvalue weighted by molar-refractivity contribution is 0.738. The Labute approximate surface area is 341 Å². The first kappa shape index (κ1) is 34.5. The predicted octanol–water partition coefficient (Wildman–Crippen LogP) is 12.1. The monoisotopic (exact) mass is 757 g/mol. The number of hydrogen-bond acceptors (Lipinski definition) is 7. The topological polar surface area (TPSA) is 90.2 Å². The average molecular weight is 758 g/mol. The number of nitrogens with zero attached hydrogens (tertiary/aromatic N) is 7. The Morgan fingerprint density at radius 2 is 0.881 bits per heavy atom. The first-order valence-electron chi connectivity index (χ1n) is 19.8. The van der Waals surface area contributed by atoms with Crippen LogP contribution < -0.4 is 0 Å². The van der Waals surface area contributed by atoms with E-state index in [0.717, 1.165) is 89.9 Å². The van der Waals surface area contributed by atoms with E-state index in [9.17, 15) is 0 Å². The lowest BCUT2D eigenvalue weighted by atomic mass is 9.84. The molecule has 1 aliphatic rings. The molecule has 278 valence electrons. The summed E-state index contributed by atoms with van der Waals surface area (Å²) in [6.45, 7) is 2.26. The molecular formula is C52H35N7. The largest absolute Gasteiger partial charge is 0.254 e. The molecule has 5 heterocycles. The SMILES string of the molecule is CC1Cc2ccc(-c3ccc(-c4nc(-c5ccc(-c6ccccc6)cc5)nc(-c5ccc(-c6ccc7ccc8cccnc8c7n6)cc5)n4)cc3)nc2-c2ncccc21. The van der Waals surface area contributed by atoms with Gasteiger partial charge in [0.05, 0.1) is 33.8 Å². The molecule has 0 fully saturated rings. The fourth-order valence-corrected chi connectivity index (χ4v) is 8.14. The second-order valence-corrected chi connectivity index (χ2v) is 15.1. The van der Waals surface area contributed by atoms with Gasteiger partial charge in [-0.2, -0.15) is 0 Å². The van der Waals surface area contributed by atoms with E-state index >= 15 is 0 Å². The summed E-state index contributed by atoms with van der Waals surface area (Å²) in [5.41, 5.74) is 15.0. The minimum Gasteiger partial charge on any atom is -0.254 e. The molecule has 7 nitrogen and oxygen atoms in total. The zero-order chi connectivity index (χ0) is 39.3. The van der Waals surface area contributed by atoms with Gasteiger partial charge in [-0.15, -0.1) is 0 Å². The molecule has 5 aromatic carbocycles. The van der Waals surface area contributed by atoms with Crippen LogP contribution in [0, 0.1) is 0 Å². The average Bonchev–Trinajstić information content (AvgIpc) is 3.31. The molecule has 0 radical (unpaired) electrons. The molecule has 1 aliphatic carbocycles. The van der Waals surface area contributed by atoms with Crippen LogP contribution in [0.4, 0.5) is 0 Å². The molecule has 1 unspecified atom stereocenters. The molecule has 7 heteroatoms. The molecule has 0 aliphatic heterocycles. The van der Waals surface area contributed by atoms with Crippen LogP contribution >= 0.6 is 0 Å². The van der Waals surface area contributed by atoms with Crippen LogP contribution in [0.15, 0.2) is 176 Å². The van der Waals surface area contributed by atoms with Gasteiger partial charge >= 0.3 is 0 Å². The van der Waals surface area contributed by atoms with Crippen molar-refractivity contribution in [1.82, 2.24) is 34.9 Å². The summed E-state index contributed by atoms with van der Waals surface area (Å²) in [5, 5.41) is 2.13. The van der Waals surface area contributed by atoms with Crippen molar-refractivity contribution in [3.63, 3.8) is 0 Å². The number of aromatic nitrogens is 7. The van der Waals surface area contributed by atoms with Crippen molar-refractivity contribution in [1.29, 1.82) is 0 Å². The van der Waals surface area contributed by atoms with E-state index in [4.69, 9.17) is 29.9 Å². The maximum Gasteiger partial charge on any atom is 0.164 e. The van der Waals surface area contributed by atoms with Crippen LogP contribution in [-0.2, 0) is 6.42 Å².